The Morgan fingerprint density at radius 3 is 2.77 bits per heavy atom. The van der Waals surface area contributed by atoms with Crippen molar-refractivity contribution in [3.05, 3.63) is 20.8 Å². The molecule has 0 amide bonds. The summed E-state index contributed by atoms with van der Waals surface area (Å²) >= 11 is 5.16. The molecule has 0 saturated heterocycles. The maximum Gasteiger partial charge on any atom is 0.126 e. The first-order valence-corrected chi connectivity index (χ1v) is 6.11. The Kier molecular flexibility index (Phi) is 2.56. The molecule has 0 radical (unpaired) electrons. The zero-order valence-electron chi connectivity index (χ0n) is 7.25. The van der Waals surface area contributed by atoms with Crippen LogP contribution >= 0.6 is 27.3 Å². The molecule has 70 valence electrons. The Bertz CT molecular complexity index is 314. The summed E-state index contributed by atoms with van der Waals surface area (Å²) in [7, 11) is 0. The molecule has 0 spiro atoms. The summed E-state index contributed by atoms with van der Waals surface area (Å²) < 4.78 is 1.13. The molecule has 0 bridgehead atoms. The lowest BCUT2D eigenvalue weighted by Gasteiger charge is -2.36. The minimum absolute atomic E-state index is 0.00963. The number of hydrogen-bond donors (Lipinski definition) is 0. The molecule has 0 unspecified atom stereocenters. The van der Waals surface area contributed by atoms with Gasteiger partial charge >= 0.3 is 0 Å². The number of halogens is 1. The Morgan fingerprint density at radius 2 is 2.38 bits per heavy atom. The average molecular weight is 259 g/mol. The molecule has 1 aromatic rings. The van der Waals surface area contributed by atoms with Gasteiger partial charge in [0, 0.05) is 20.1 Å². The van der Waals surface area contributed by atoms with E-state index in [1.165, 1.54) is 11.3 Å². The van der Waals surface area contributed by atoms with Gasteiger partial charge in [-0.05, 0) is 41.3 Å². The normalized spacial score (nSPS) is 19.5. The Balaban J connectivity index is 2.08. The molecule has 0 aromatic carbocycles. The third-order valence-electron chi connectivity index (χ3n) is 2.75. The van der Waals surface area contributed by atoms with Crippen LogP contribution in [0.15, 0.2) is 15.9 Å². The summed E-state index contributed by atoms with van der Waals surface area (Å²) in [4.78, 5) is 12.2. The largest absolute Gasteiger partial charge is 0.303 e. The van der Waals surface area contributed by atoms with Crippen LogP contribution in [0.4, 0.5) is 0 Å². The summed E-state index contributed by atoms with van der Waals surface area (Å²) in [5, 5.41) is 2.08. The number of carbonyl (C=O) groups excluding carboxylic acids is 1. The van der Waals surface area contributed by atoms with E-state index in [9.17, 15) is 4.79 Å². The topological polar surface area (TPSA) is 17.1 Å². The van der Waals surface area contributed by atoms with Crippen LogP contribution < -0.4 is 0 Å². The number of rotatable bonds is 3. The number of carbonyl (C=O) groups is 1. The van der Waals surface area contributed by atoms with E-state index in [0.717, 1.165) is 30.0 Å². The van der Waals surface area contributed by atoms with E-state index in [2.05, 4.69) is 27.4 Å². The van der Waals surface area contributed by atoms with Gasteiger partial charge in [-0.2, -0.15) is 0 Å². The fraction of sp³-hybridized carbons (Fsp3) is 0.500. The van der Waals surface area contributed by atoms with Crippen molar-refractivity contribution in [1.82, 2.24) is 0 Å². The molecule has 0 aliphatic heterocycles. The Hall–Kier alpha value is -0.150. The lowest BCUT2D eigenvalue weighted by molar-refractivity contribution is -0.120. The highest BCUT2D eigenvalue weighted by atomic mass is 79.9. The summed E-state index contributed by atoms with van der Waals surface area (Å²) in [6.45, 7) is 0. The van der Waals surface area contributed by atoms with Gasteiger partial charge in [-0.15, -0.1) is 11.3 Å². The predicted molar refractivity (Wildman–Crippen MR) is 58.1 cm³/mol. The van der Waals surface area contributed by atoms with E-state index in [1.807, 2.05) is 0 Å². The molecule has 3 heteroatoms. The van der Waals surface area contributed by atoms with Crippen molar-refractivity contribution >= 4 is 33.6 Å². The van der Waals surface area contributed by atoms with Crippen LogP contribution in [0.2, 0.25) is 0 Å². The minimum atomic E-state index is -0.00963. The lowest BCUT2D eigenvalue weighted by atomic mass is 9.67. The standard InChI is InChI=1S/C10H11BrOS/c11-8-4-9(13-6-8)5-10(7-12)2-1-3-10/h4,6-7H,1-3,5H2. The van der Waals surface area contributed by atoms with Crippen LogP contribution in [-0.4, -0.2) is 6.29 Å². The number of aldehydes is 1. The Morgan fingerprint density at radius 1 is 1.62 bits per heavy atom. The van der Waals surface area contributed by atoms with Crippen molar-refractivity contribution in [3.63, 3.8) is 0 Å². The van der Waals surface area contributed by atoms with E-state index in [1.54, 1.807) is 11.3 Å². The SMILES string of the molecule is O=CC1(Cc2cc(Br)cs2)CCC1. The summed E-state index contributed by atoms with van der Waals surface area (Å²) in [6, 6.07) is 2.12. The Labute approximate surface area is 90.3 Å². The van der Waals surface area contributed by atoms with E-state index < -0.39 is 0 Å². The summed E-state index contributed by atoms with van der Waals surface area (Å²) in [6.07, 6.45) is 5.46. The molecule has 1 nitrogen and oxygen atoms in total. The predicted octanol–water partition coefficient (Wildman–Crippen LogP) is 3.42. The van der Waals surface area contributed by atoms with Gasteiger partial charge in [0.2, 0.25) is 0 Å². The van der Waals surface area contributed by atoms with Crippen molar-refractivity contribution < 1.29 is 4.79 Å². The van der Waals surface area contributed by atoms with Gasteiger partial charge in [0.15, 0.2) is 0 Å². The fourth-order valence-electron chi connectivity index (χ4n) is 1.76. The highest BCUT2D eigenvalue weighted by molar-refractivity contribution is 9.10. The molecule has 1 saturated carbocycles. The number of thiophene rings is 1. The molecule has 0 N–H and O–H groups in total. The van der Waals surface area contributed by atoms with E-state index in [0.29, 0.717) is 0 Å². The van der Waals surface area contributed by atoms with Gasteiger partial charge in [-0.3, -0.25) is 0 Å². The summed E-state index contributed by atoms with van der Waals surface area (Å²) in [5.41, 5.74) is -0.00963. The summed E-state index contributed by atoms with van der Waals surface area (Å²) in [5.74, 6) is 0. The van der Waals surface area contributed by atoms with Gasteiger partial charge in [0.05, 0.1) is 0 Å². The molecule has 1 heterocycles. The van der Waals surface area contributed by atoms with Gasteiger partial charge in [-0.1, -0.05) is 6.42 Å². The molecule has 1 aliphatic rings. The molecule has 1 fully saturated rings. The van der Waals surface area contributed by atoms with Gasteiger partial charge in [0.25, 0.3) is 0 Å². The van der Waals surface area contributed by atoms with Crippen LogP contribution in [0, 0.1) is 5.41 Å². The second-order valence-corrected chi connectivity index (χ2v) is 5.65. The highest BCUT2D eigenvalue weighted by Gasteiger charge is 2.36. The second-order valence-electron chi connectivity index (χ2n) is 3.74. The van der Waals surface area contributed by atoms with Crippen molar-refractivity contribution in [2.75, 3.05) is 0 Å². The first-order valence-electron chi connectivity index (χ1n) is 4.43. The van der Waals surface area contributed by atoms with Crippen molar-refractivity contribution in [2.24, 2.45) is 5.41 Å². The molecule has 0 atom stereocenters. The monoisotopic (exact) mass is 258 g/mol. The van der Waals surface area contributed by atoms with E-state index >= 15 is 0 Å². The van der Waals surface area contributed by atoms with Gasteiger partial charge in [-0.25, -0.2) is 0 Å². The van der Waals surface area contributed by atoms with Crippen molar-refractivity contribution in [1.29, 1.82) is 0 Å². The zero-order valence-corrected chi connectivity index (χ0v) is 9.66. The fourth-order valence-corrected chi connectivity index (χ4v) is 3.37. The van der Waals surface area contributed by atoms with Crippen LogP contribution in [-0.2, 0) is 11.2 Å². The average Bonchev–Trinajstić information content (AvgIpc) is 2.44. The third-order valence-corrected chi connectivity index (χ3v) is 4.45. The molecule has 2 rings (SSSR count). The molecule has 13 heavy (non-hydrogen) atoms. The second kappa shape index (κ2) is 3.54. The minimum Gasteiger partial charge on any atom is -0.303 e. The quantitative estimate of drug-likeness (QED) is 0.760. The van der Waals surface area contributed by atoms with Crippen LogP contribution in [0.3, 0.4) is 0 Å². The third kappa shape index (κ3) is 1.86. The maximum absolute atomic E-state index is 10.9. The zero-order chi connectivity index (χ0) is 9.31. The lowest BCUT2D eigenvalue weighted by Crippen LogP contribution is -2.32. The molecular weight excluding hydrogens is 248 g/mol. The smallest absolute Gasteiger partial charge is 0.126 e. The van der Waals surface area contributed by atoms with Crippen molar-refractivity contribution in [3.8, 4) is 0 Å². The van der Waals surface area contributed by atoms with Crippen LogP contribution in [0.5, 0.6) is 0 Å². The first kappa shape index (κ1) is 9.41. The van der Waals surface area contributed by atoms with Crippen molar-refractivity contribution in [2.45, 2.75) is 25.7 Å². The van der Waals surface area contributed by atoms with E-state index in [4.69, 9.17) is 0 Å². The maximum atomic E-state index is 10.9. The van der Waals surface area contributed by atoms with E-state index in [-0.39, 0.29) is 5.41 Å². The molecule has 1 aromatic heterocycles. The molecular formula is C10H11BrOS. The van der Waals surface area contributed by atoms with Crippen LogP contribution in [0.25, 0.3) is 0 Å². The highest BCUT2D eigenvalue weighted by Crippen LogP contribution is 2.42. The van der Waals surface area contributed by atoms with Gasteiger partial charge < -0.3 is 4.79 Å². The van der Waals surface area contributed by atoms with Gasteiger partial charge in [0.1, 0.15) is 6.29 Å². The van der Waals surface area contributed by atoms with Crippen LogP contribution in [0.1, 0.15) is 24.1 Å². The molecule has 1 aliphatic carbocycles. The number of hydrogen-bond acceptors (Lipinski definition) is 2. The first-order chi connectivity index (χ1) is 6.24.